The normalized spacial score (nSPS) is 25.2. The van der Waals surface area contributed by atoms with Crippen LogP contribution in [0.1, 0.15) is 42.9 Å². The van der Waals surface area contributed by atoms with Gasteiger partial charge in [0.05, 0.1) is 31.4 Å². The van der Waals surface area contributed by atoms with Crippen molar-refractivity contribution in [1.82, 2.24) is 5.32 Å². The molecular formula is C23H28N2O6S. The molecule has 0 unspecified atom stereocenters. The van der Waals surface area contributed by atoms with Crippen LogP contribution in [0.5, 0.6) is 5.75 Å². The highest BCUT2D eigenvalue weighted by atomic mass is 32.2. The van der Waals surface area contributed by atoms with Gasteiger partial charge in [0.1, 0.15) is 18.0 Å². The SMILES string of the molecule is C[C@@H](NC(=O)C[C@@H]1C[C@@H]2c3cc(NS(C)(=O)=O)ccc3O[C@@H]2[C@@H](CO)O1)c1ccccc1. The first kappa shape index (κ1) is 22.6. The zero-order valence-electron chi connectivity index (χ0n) is 18.0. The Morgan fingerprint density at radius 3 is 2.66 bits per heavy atom. The van der Waals surface area contributed by atoms with Gasteiger partial charge in [-0.2, -0.15) is 0 Å². The molecule has 0 spiro atoms. The minimum atomic E-state index is -3.41. The van der Waals surface area contributed by atoms with Gasteiger partial charge in [-0.1, -0.05) is 30.3 Å². The number of fused-ring (bicyclic) bond motifs is 3. The van der Waals surface area contributed by atoms with Crippen LogP contribution in [-0.4, -0.2) is 50.6 Å². The summed E-state index contributed by atoms with van der Waals surface area (Å²) >= 11 is 0. The van der Waals surface area contributed by atoms with Gasteiger partial charge in [-0.15, -0.1) is 0 Å². The minimum absolute atomic E-state index is 0.110. The maximum absolute atomic E-state index is 12.7. The summed E-state index contributed by atoms with van der Waals surface area (Å²) in [5.74, 6) is 0.401. The summed E-state index contributed by atoms with van der Waals surface area (Å²) in [6.07, 6.45) is 0.443. The summed E-state index contributed by atoms with van der Waals surface area (Å²) in [6, 6.07) is 14.7. The molecule has 9 heteroatoms. The summed E-state index contributed by atoms with van der Waals surface area (Å²) in [5, 5.41) is 12.9. The number of ether oxygens (including phenoxy) is 2. The second-order valence-corrected chi connectivity index (χ2v) is 10.2. The molecule has 2 heterocycles. The third-order valence-corrected chi connectivity index (χ3v) is 6.50. The Hall–Kier alpha value is -2.62. The highest BCUT2D eigenvalue weighted by Gasteiger charge is 2.46. The Morgan fingerprint density at radius 1 is 1.22 bits per heavy atom. The van der Waals surface area contributed by atoms with Crippen molar-refractivity contribution in [3.05, 3.63) is 59.7 Å². The molecule has 2 aliphatic heterocycles. The van der Waals surface area contributed by atoms with Gasteiger partial charge in [-0.05, 0) is 37.1 Å². The first-order valence-corrected chi connectivity index (χ1v) is 12.5. The number of amides is 1. The molecule has 3 N–H and O–H groups in total. The average molecular weight is 461 g/mol. The zero-order valence-corrected chi connectivity index (χ0v) is 18.8. The highest BCUT2D eigenvalue weighted by Crippen LogP contribution is 2.47. The van der Waals surface area contributed by atoms with Crippen LogP contribution < -0.4 is 14.8 Å². The largest absolute Gasteiger partial charge is 0.487 e. The Morgan fingerprint density at radius 2 is 1.97 bits per heavy atom. The second kappa shape index (κ2) is 9.09. The molecule has 2 aliphatic rings. The van der Waals surface area contributed by atoms with Crippen LogP contribution in [0, 0.1) is 0 Å². The van der Waals surface area contributed by atoms with E-state index in [1.807, 2.05) is 37.3 Å². The van der Waals surface area contributed by atoms with Gasteiger partial charge in [0, 0.05) is 17.2 Å². The van der Waals surface area contributed by atoms with E-state index in [0.29, 0.717) is 17.9 Å². The molecule has 4 rings (SSSR count). The Bertz CT molecular complexity index is 1080. The van der Waals surface area contributed by atoms with Crippen LogP contribution in [0.4, 0.5) is 5.69 Å². The highest BCUT2D eigenvalue weighted by molar-refractivity contribution is 7.92. The van der Waals surface area contributed by atoms with Gasteiger partial charge in [-0.25, -0.2) is 8.42 Å². The molecule has 0 radical (unpaired) electrons. The van der Waals surface area contributed by atoms with Crippen LogP contribution >= 0.6 is 0 Å². The number of nitrogens with one attached hydrogen (secondary N) is 2. The molecule has 1 fully saturated rings. The van der Waals surface area contributed by atoms with Gasteiger partial charge in [0.2, 0.25) is 15.9 Å². The van der Waals surface area contributed by atoms with E-state index in [0.717, 1.165) is 17.4 Å². The number of sulfonamides is 1. The van der Waals surface area contributed by atoms with Crippen molar-refractivity contribution in [2.45, 2.75) is 50.0 Å². The summed E-state index contributed by atoms with van der Waals surface area (Å²) in [4.78, 5) is 12.7. The lowest BCUT2D eigenvalue weighted by molar-refractivity contribution is -0.142. The lowest BCUT2D eigenvalue weighted by Crippen LogP contribution is -2.47. The van der Waals surface area contributed by atoms with Crippen molar-refractivity contribution >= 4 is 21.6 Å². The first-order chi connectivity index (χ1) is 15.2. The van der Waals surface area contributed by atoms with E-state index in [1.54, 1.807) is 18.2 Å². The molecular weight excluding hydrogens is 432 g/mol. The maximum atomic E-state index is 12.7. The maximum Gasteiger partial charge on any atom is 0.229 e. The van der Waals surface area contributed by atoms with Gasteiger partial charge < -0.3 is 19.9 Å². The van der Waals surface area contributed by atoms with E-state index in [-0.39, 0.29) is 37.0 Å². The van der Waals surface area contributed by atoms with Gasteiger partial charge in [0.15, 0.2) is 0 Å². The fourth-order valence-corrected chi connectivity index (χ4v) is 5.05. The monoisotopic (exact) mass is 460 g/mol. The molecule has 1 amide bonds. The topological polar surface area (TPSA) is 114 Å². The standard InChI is InChI=1S/C23H28N2O6S/c1-14(15-6-4-3-5-7-15)24-22(27)12-17-11-19-18-10-16(25-32(2,28)29)8-9-20(18)31-23(19)21(13-26)30-17/h3-10,14,17,19,21,23,25-26H,11-13H2,1-2H3,(H,24,27)/t14-,17+,19-,21-,23+/m1/s1. The van der Waals surface area contributed by atoms with Crippen molar-refractivity contribution in [2.75, 3.05) is 17.6 Å². The second-order valence-electron chi connectivity index (χ2n) is 8.43. The molecule has 0 saturated carbocycles. The van der Waals surface area contributed by atoms with Crippen molar-refractivity contribution in [3.63, 3.8) is 0 Å². The Labute approximate surface area is 188 Å². The molecule has 5 atom stereocenters. The fraction of sp³-hybridized carbons (Fsp3) is 0.435. The number of carbonyl (C=O) groups is 1. The summed E-state index contributed by atoms with van der Waals surface area (Å²) in [6.45, 7) is 1.70. The molecule has 2 aromatic carbocycles. The average Bonchev–Trinajstić information content (AvgIpc) is 3.10. The number of carbonyl (C=O) groups excluding carboxylic acids is 1. The number of anilines is 1. The van der Waals surface area contributed by atoms with Crippen molar-refractivity contribution in [3.8, 4) is 5.75 Å². The molecule has 0 aromatic heterocycles. The summed E-state index contributed by atoms with van der Waals surface area (Å²) in [5.41, 5.74) is 2.32. The van der Waals surface area contributed by atoms with Crippen molar-refractivity contribution in [1.29, 1.82) is 0 Å². The minimum Gasteiger partial charge on any atom is -0.487 e. The first-order valence-electron chi connectivity index (χ1n) is 10.6. The lowest BCUT2D eigenvalue weighted by Gasteiger charge is -2.37. The van der Waals surface area contributed by atoms with Crippen molar-refractivity contribution in [2.24, 2.45) is 0 Å². The number of hydrogen-bond donors (Lipinski definition) is 3. The van der Waals surface area contributed by atoms with Crippen molar-refractivity contribution < 1.29 is 27.8 Å². The van der Waals surface area contributed by atoms with E-state index in [2.05, 4.69) is 10.0 Å². The molecule has 0 bridgehead atoms. The fourth-order valence-electron chi connectivity index (χ4n) is 4.50. The third kappa shape index (κ3) is 5.06. The molecule has 2 aromatic rings. The predicted octanol–water partition coefficient (Wildman–Crippen LogP) is 2.32. The smallest absolute Gasteiger partial charge is 0.229 e. The molecule has 32 heavy (non-hydrogen) atoms. The lowest BCUT2D eigenvalue weighted by atomic mass is 9.84. The zero-order chi connectivity index (χ0) is 22.9. The van der Waals surface area contributed by atoms with Crippen LogP contribution in [-0.2, 0) is 19.6 Å². The molecule has 172 valence electrons. The van der Waals surface area contributed by atoms with Crippen LogP contribution in [0.2, 0.25) is 0 Å². The number of aliphatic hydroxyl groups is 1. The van der Waals surface area contributed by atoms with Crippen LogP contribution in [0.3, 0.4) is 0 Å². The molecule has 8 nitrogen and oxygen atoms in total. The number of hydrogen-bond acceptors (Lipinski definition) is 6. The van der Waals surface area contributed by atoms with E-state index in [4.69, 9.17) is 9.47 Å². The van der Waals surface area contributed by atoms with Gasteiger partial charge in [-0.3, -0.25) is 9.52 Å². The number of aliphatic hydroxyl groups excluding tert-OH is 1. The van der Waals surface area contributed by atoms with Gasteiger partial charge >= 0.3 is 0 Å². The van der Waals surface area contributed by atoms with E-state index in [1.165, 1.54) is 0 Å². The number of benzene rings is 2. The van der Waals surface area contributed by atoms with E-state index < -0.39 is 22.2 Å². The summed E-state index contributed by atoms with van der Waals surface area (Å²) < 4.78 is 37.7. The third-order valence-electron chi connectivity index (χ3n) is 5.89. The summed E-state index contributed by atoms with van der Waals surface area (Å²) in [7, 11) is -3.41. The van der Waals surface area contributed by atoms with Gasteiger partial charge in [0.25, 0.3) is 0 Å². The molecule has 0 aliphatic carbocycles. The molecule has 1 saturated heterocycles. The number of rotatable bonds is 7. The Balaban J connectivity index is 1.47. The Kier molecular flexibility index (Phi) is 6.41. The van der Waals surface area contributed by atoms with E-state index in [9.17, 15) is 18.3 Å². The quantitative estimate of drug-likeness (QED) is 0.584. The van der Waals surface area contributed by atoms with Crippen LogP contribution in [0.25, 0.3) is 0 Å². The van der Waals surface area contributed by atoms with E-state index >= 15 is 0 Å². The predicted molar refractivity (Wildman–Crippen MR) is 120 cm³/mol. The van der Waals surface area contributed by atoms with Crippen LogP contribution in [0.15, 0.2) is 48.5 Å².